The average Bonchev–Trinajstić information content (AvgIpc) is 2.34. The minimum atomic E-state index is -0.167. The lowest BCUT2D eigenvalue weighted by Gasteiger charge is -2.09. The van der Waals surface area contributed by atoms with Crippen LogP contribution in [0.15, 0.2) is 40.9 Å². The second-order valence-corrected chi connectivity index (χ2v) is 6.09. The zero-order valence-electron chi connectivity index (χ0n) is 9.81. The highest BCUT2D eigenvalue weighted by Crippen LogP contribution is 2.23. The molecule has 0 aliphatic heterocycles. The van der Waals surface area contributed by atoms with Crippen LogP contribution >= 0.6 is 38.5 Å². The summed E-state index contributed by atoms with van der Waals surface area (Å²) in [5, 5.41) is 3.23. The Hall–Kier alpha value is -0.620. The molecule has 94 valence electrons. The van der Waals surface area contributed by atoms with Crippen LogP contribution < -0.4 is 5.32 Å². The first kappa shape index (κ1) is 13.8. The molecule has 1 N–H and O–H groups in total. The third kappa shape index (κ3) is 3.45. The van der Waals surface area contributed by atoms with Gasteiger partial charge in [-0.25, -0.2) is 4.39 Å². The van der Waals surface area contributed by atoms with Crippen LogP contribution in [-0.2, 0) is 6.54 Å². The van der Waals surface area contributed by atoms with Gasteiger partial charge in [0.1, 0.15) is 5.82 Å². The van der Waals surface area contributed by atoms with Crippen LogP contribution in [0.4, 0.5) is 10.1 Å². The first-order valence-corrected chi connectivity index (χ1v) is 7.37. The Balaban J connectivity index is 2.11. The predicted octanol–water partition coefficient (Wildman–Crippen LogP) is 5.11. The Morgan fingerprint density at radius 2 is 2.00 bits per heavy atom. The van der Waals surface area contributed by atoms with Gasteiger partial charge in [0.05, 0.1) is 0 Å². The van der Waals surface area contributed by atoms with Crippen molar-refractivity contribution >= 4 is 44.2 Å². The molecule has 1 nitrogen and oxygen atoms in total. The lowest BCUT2D eigenvalue weighted by atomic mass is 10.1. The normalized spacial score (nSPS) is 10.4. The van der Waals surface area contributed by atoms with Gasteiger partial charge >= 0.3 is 0 Å². The van der Waals surface area contributed by atoms with E-state index in [4.69, 9.17) is 0 Å². The molecule has 0 unspecified atom stereocenters. The SMILES string of the molecule is Cc1ccc(F)c(CNc2ccc(Br)c(I)c2)c1. The summed E-state index contributed by atoms with van der Waals surface area (Å²) in [5.74, 6) is -0.167. The molecular formula is C14H12BrFIN. The van der Waals surface area contributed by atoms with E-state index in [9.17, 15) is 4.39 Å². The molecule has 18 heavy (non-hydrogen) atoms. The summed E-state index contributed by atoms with van der Waals surface area (Å²) in [4.78, 5) is 0. The Kier molecular flexibility index (Phi) is 4.61. The van der Waals surface area contributed by atoms with Gasteiger partial charge in [-0.3, -0.25) is 0 Å². The van der Waals surface area contributed by atoms with Crippen LogP contribution in [0, 0.1) is 16.3 Å². The molecule has 0 atom stereocenters. The Morgan fingerprint density at radius 3 is 2.72 bits per heavy atom. The summed E-state index contributed by atoms with van der Waals surface area (Å²) < 4.78 is 15.8. The van der Waals surface area contributed by atoms with Gasteiger partial charge in [-0.1, -0.05) is 17.7 Å². The number of anilines is 1. The number of hydrogen-bond acceptors (Lipinski definition) is 1. The van der Waals surface area contributed by atoms with Crippen LogP contribution in [0.2, 0.25) is 0 Å². The number of benzene rings is 2. The summed E-state index contributed by atoms with van der Waals surface area (Å²) in [6.07, 6.45) is 0. The molecular weight excluding hydrogens is 408 g/mol. The maximum absolute atomic E-state index is 13.6. The third-order valence-corrected chi connectivity index (χ3v) is 4.93. The molecule has 2 aromatic carbocycles. The summed E-state index contributed by atoms with van der Waals surface area (Å²) in [6, 6.07) is 11.1. The highest BCUT2D eigenvalue weighted by Gasteiger charge is 2.03. The predicted molar refractivity (Wildman–Crippen MR) is 85.3 cm³/mol. The van der Waals surface area contributed by atoms with Crippen LogP contribution in [0.25, 0.3) is 0 Å². The molecule has 0 aliphatic rings. The number of aryl methyl sites for hydroxylation is 1. The van der Waals surface area contributed by atoms with E-state index in [-0.39, 0.29) is 5.82 Å². The summed E-state index contributed by atoms with van der Waals surface area (Å²) in [5.41, 5.74) is 2.75. The smallest absolute Gasteiger partial charge is 0.128 e. The van der Waals surface area contributed by atoms with E-state index in [1.807, 2.05) is 31.2 Å². The van der Waals surface area contributed by atoms with Crippen molar-refractivity contribution in [3.8, 4) is 0 Å². The molecule has 0 amide bonds. The van der Waals surface area contributed by atoms with Crippen LogP contribution in [0.1, 0.15) is 11.1 Å². The average molecular weight is 420 g/mol. The minimum Gasteiger partial charge on any atom is -0.381 e. The molecule has 0 spiro atoms. The zero-order chi connectivity index (χ0) is 13.1. The molecule has 0 aromatic heterocycles. The molecule has 0 saturated carbocycles. The standard InChI is InChI=1S/C14H12BrFIN/c1-9-2-5-13(16)10(6-9)8-18-11-3-4-12(15)14(17)7-11/h2-7,18H,8H2,1H3. The molecule has 0 heterocycles. The van der Waals surface area contributed by atoms with Crippen molar-refractivity contribution in [1.82, 2.24) is 0 Å². The van der Waals surface area contributed by atoms with Crippen molar-refractivity contribution in [2.75, 3.05) is 5.32 Å². The highest BCUT2D eigenvalue weighted by atomic mass is 127. The van der Waals surface area contributed by atoms with Crippen molar-refractivity contribution in [3.63, 3.8) is 0 Å². The van der Waals surface area contributed by atoms with Gasteiger partial charge in [0.2, 0.25) is 0 Å². The quantitative estimate of drug-likeness (QED) is 0.681. The fourth-order valence-corrected chi connectivity index (χ4v) is 2.40. The molecule has 0 radical (unpaired) electrons. The Morgan fingerprint density at radius 1 is 1.22 bits per heavy atom. The minimum absolute atomic E-state index is 0.167. The van der Waals surface area contributed by atoms with E-state index in [1.54, 1.807) is 6.07 Å². The number of hydrogen-bond donors (Lipinski definition) is 1. The second-order valence-electron chi connectivity index (χ2n) is 4.08. The van der Waals surface area contributed by atoms with E-state index >= 15 is 0 Å². The van der Waals surface area contributed by atoms with Gasteiger partial charge < -0.3 is 5.32 Å². The van der Waals surface area contributed by atoms with Gasteiger partial charge in [0, 0.05) is 25.8 Å². The van der Waals surface area contributed by atoms with Crippen molar-refractivity contribution < 1.29 is 4.39 Å². The molecule has 2 aromatic rings. The summed E-state index contributed by atoms with van der Waals surface area (Å²) in [6.45, 7) is 2.46. The first-order valence-electron chi connectivity index (χ1n) is 5.50. The Labute approximate surface area is 128 Å². The molecule has 0 bridgehead atoms. The number of nitrogens with one attached hydrogen (secondary N) is 1. The maximum Gasteiger partial charge on any atom is 0.128 e. The van der Waals surface area contributed by atoms with E-state index in [1.165, 1.54) is 6.07 Å². The van der Waals surface area contributed by atoms with Crippen molar-refractivity contribution in [2.24, 2.45) is 0 Å². The van der Waals surface area contributed by atoms with Crippen LogP contribution in [0.5, 0.6) is 0 Å². The van der Waals surface area contributed by atoms with Gasteiger partial charge in [0.15, 0.2) is 0 Å². The van der Waals surface area contributed by atoms with Gasteiger partial charge in [-0.2, -0.15) is 0 Å². The number of rotatable bonds is 3. The van der Waals surface area contributed by atoms with Gasteiger partial charge in [-0.05, 0) is 69.7 Å². The van der Waals surface area contributed by atoms with Gasteiger partial charge in [-0.15, -0.1) is 0 Å². The summed E-state index contributed by atoms with van der Waals surface area (Å²) in [7, 11) is 0. The fourth-order valence-electron chi connectivity index (χ4n) is 1.64. The largest absolute Gasteiger partial charge is 0.381 e. The molecule has 0 saturated heterocycles. The summed E-state index contributed by atoms with van der Waals surface area (Å²) >= 11 is 5.71. The topological polar surface area (TPSA) is 12.0 Å². The highest BCUT2D eigenvalue weighted by molar-refractivity contribution is 14.1. The van der Waals surface area contributed by atoms with E-state index in [0.29, 0.717) is 12.1 Å². The molecule has 0 aliphatic carbocycles. The van der Waals surface area contributed by atoms with E-state index in [2.05, 4.69) is 43.8 Å². The Bertz CT molecular complexity index is 572. The molecule has 0 fully saturated rings. The van der Waals surface area contributed by atoms with E-state index < -0.39 is 0 Å². The van der Waals surface area contributed by atoms with Gasteiger partial charge in [0.25, 0.3) is 0 Å². The first-order chi connectivity index (χ1) is 8.56. The zero-order valence-corrected chi connectivity index (χ0v) is 13.5. The van der Waals surface area contributed by atoms with Crippen molar-refractivity contribution in [3.05, 3.63) is 61.4 Å². The monoisotopic (exact) mass is 419 g/mol. The lowest BCUT2D eigenvalue weighted by molar-refractivity contribution is 0.612. The van der Waals surface area contributed by atoms with Crippen LogP contribution in [0.3, 0.4) is 0 Å². The van der Waals surface area contributed by atoms with Crippen molar-refractivity contribution in [1.29, 1.82) is 0 Å². The molecule has 4 heteroatoms. The third-order valence-electron chi connectivity index (χ3n) is 2.60. The lowest BCUT2D eigenvalue weighted by Crippen LogP contribution is -2.02. The molecule has 2 rings (SSSR count). The maximum atomic E-state index is 13.6. The van der Waals surface area contributed by atoms with E-state index in [0.717, 1.165) is 19.3 Å². The fraction of sp³-hybridized carbons (Fsp3) is 0.143. The van der Waals surface area contributed by atoms with Crippen molar-refractivity contribution in [2.45, 2.75) is 13.5 Å². The number of halogens is 3. The van der Waals surface area contributed by atoms with Crippen LogP contribution in [-0.4, -0.2) is 0 Å². The second kappa shape index (κ2) is 6.02.